The van der Waals surface area contributed by atoms with Crippen molar-refractivity contribution in [2.75, 3.05) is 11.9 Å². The van der Waals surface area contributed by atoms with Gasteiger partial charge in [-0.3, -0.25) is 0 Å². The summed E-state index contributed by atoms with van der Waals surface area (Å²) in [6, 6.07) is 29.8. The SMILES string of the molecule is C/C(=C\Oc1ccccc1)C(=Nc1ccccc1)N(C)c1ccccc1. The van der Waals surface area contributed by atoms with Crippen LogP contribution in [0.4, 0.5) is 11.4 Å². The minimum Gasteiger partial charge on any atom is -0.465 e. The summed E-state index contributed by atoms with van der Waals surface area (Å²) in [7, 11) is 2.01. The van der Waals surface area contributed by atoms with Crippen LogP contribution in [0.2, 0.25) is 0 Å². The van der Waals surface area contributed by atoms with Crippen molar-refractivity contribution in [2.24, 2.45) is 4.99 Å². The van der Waals surface area contributed by atoms with Crippen LogP contribution < -0.4 is 9.64 Å². The first-order valence-electron chi connectivity index (χ1n) is 8.55. The predicted molar refractivity (Wildman–Crippen MR) is 109 cm³/mol. The third-order valence-corrected chi connectivity index (χ3v) is 3.92. The van der Waals surface area contributed by atoms with Gasteiger partial charge in [0.15, 0.2) is 0 Å². The maximum Gasteiger partial charge on any atom is 0.139 e. The zero-order chi connectivity index (χ0) is 18.2. The highest BCUT2D eigenvalue weighted by molar-refractivity contribution is 6.09. The van der Waals surface area contributed by atoms with Crippen molar-refractivity contribution >= 4 is 17.2 Å². The second kappa shape index (κ2) is 8.67. The fourth-order valence-electron chi connectivity index (χ4n) is 2.53. The average molecular weight is 342 g/mol. The van der Waals surface area contributed by atoms with E-state index in [0.717, 1.165) is 28.5 Å². The summed E-state index contributed by atoms with van der Waals surface area (Å²) in [6.07, 6.45) is 1.75. The fraction of sp³-hybridized carbons (Fsp3) is 0.0870. The van der Waals surface area contributed by atoms with E-state index in [1.54, 1.807) is 6.26 Å². The Morgan fingerprint density at radius 1 is 0.808 bits per heavy atom. The van der Waals surface area contributed by atoms with Crippen LogP contribution in [0.1, 0.15) is 6.92 Å². The van der Waals surface area contributed by atoms with Gasteiger partial charge in [0.25, 0.3) is 0 Å². The first-order valence-corrected chi connectivity index (χ1v) is 8.55. The van der Waals surface area contributed by atoms with Gasteiger partial charge in [-0.1, -0.05) is 54.6 Å². The molecule has 130 valence electrons. The number of nitrogens with zero attached hydrogens (tertiary/aromatic N) is 2. The lowest BCUT2D eigenvalue weighted by molar-refractivity contribution is 0.478. The van der Waals surface area contributed by atoms with Crippen molar-refractivity contribution in [1.82, 2.24) is 0 Å². The monoisotopic (exact) mass is 342 g/mol. The maximum absolute atomic E-state index is 5.80. The molecule has 0 atom stereocenters. The lowest BCUT2D eigenvalue weighted by Crippen LogP contribution is -2.27. The lowest BCUT2D eigenvalue weighted by atomic mass is 10.2. The van der Waals surface area contributed by atoms with Crippen LogP contribution in [-0.2, 0) is 0 Å². The van der Waals surface area contributed by atoms with Crippen LogP contribution >= 0.6 is 0 Å². The molecule has 0 unspecified atom stereocenters. The summed E-state index contributed by atoms with van der Waals surface area (Å²) >= 11 is 0. The van der Waals surface area contributed by atoms with Gasteiger partial charge >= 0.3 is 0 Å². The molecule has 0 aliphatic rings. The standard InChI is InChI=1S/C23H22N2O/c1-19(18-26-22-16-10-5-11-17-22)23(24-20-12-6-3-7-13-20)25(2)21-14-8-4-9-15-21/h3-18H,1-2H3/b19-18+,24-23?. The predicted octanol–water partition coefficient (Wildman–Crippen LogP) is 5.84. The molecule has 3 aromatic rings. The zero-order valence-corrected chi connectivity index (χ0v) is 15.0. The summed E-state index contributed by atoms with van der Waals surface area (Å²) in [5.41, 5.74) is 2.90. The highest BCUT2D eigenvalue weighted by Crippen LogP contribution is 2.20. The molecule has 0 aliphatic carbocycles. The minimum atomic E-state index is 0.799. The minimum absolute atomic E-state index is 0.799. The number of anilines is 1. The van der Waals surface area contributed by atoms with Crippen LogP contribution in [0, 0.1) is 0 Å². The fourth-order valence-corrected chi connectivity index (χ4v) is 2.53. The van der Waals surface area contributed by atoms with E-state index in [9.17, 15) is 0 Å². The van der Waals surface area contributed by atoms with Crippen LogP contribution in [0.15, 0.2) is 108 Å². The molecule has 0 heterocycles. The second-order valence-corrected chi connectivity index (χ2v) is 5.90. The van der Waals surface area contributed by atoms with E-state index in [1.807, 2.05) is 92.8 Å². The Balaban J connectivity index is 1.93. The molecule has 0 bridgehead atoms. The Morgan fingerprint density at radius 2 is 1.35 bits per heavy atom. The van der Waals surface area contributed by atoms with E-state index in [2.05, 4.69) is 17.0 Å². The van der Waals surface area contributed by atoms with E-state index in [0.29, 0.717) is 0 Å². The molecule has 0 spiro atoms. The smallest absolute Gasteiger partial charge is 0.139 e. The maximum atomic E-state index is 5.80. The Hall–Kier alpha value is -3.33. The van der Waals surface area contributed by atoms with Gasteiger partial charge < -0.3 is 9.64 Å². The Kier molecular flexibility index (Phi) is 5.84. The first kappa shape index (κ1) is 17.5. The van der Waals surface area contributed by atoms with Gasteiger partial charge in [0.2, 0.25) is 0 Å². The van der Waals surface area contributed by atoms with Gasteiger partial charge in [0, 0.05) is 18.3 Å². The Labute approximate surface area is 154 Å². The van der Waals surface area contributed by atoms with Gasteiger partial charge in [-0.2, -0.15) is 0 Å². The highest BCUT2D eigenvalue weighted by atomic mass is 16.5. The molecular weight excluding hydrogens is 320 g/mol. The molecule has 0 radical (unpaired) electrons. The van der Waals surface area contributed by atoms with Crippen LogP contribution in [-0.4, -0.2) is 12.9 Å². The molecule has 3 heteroatoms. The summed E-state index contributed by atoms with van der Waals surface area (Å²) in [4.78, 5) is 6.90. The molecule has 3 rings (SSSR count). The first-order chi connectivity index (χ1) is 12.7. The zero-order valence-electron chi connectivity index (χ0n) is 15.0. The topological polar surface area (TPSA) is 24.8 Å². The average Bonchev–Trinajstić information content (AvgIpc) is 2.72. The number of benzene rings is 3. The van der Waals surface area contributed by atoms with Crippen molar-refractivity contribution in [3.05, 3.63) is 103 Å². The van der Waals surface area contributed by atoms with E-state index in [1.165, 1.54) is 0 Å². The normalized spacial score (nSPS) is 11.9. The van der Waals surface area contributed by atoms with Crippen molar-refractivity contribution < 1.29 is 4.74 Å². The number of ether oxygens (including phenoxy) is 1. The Bertz CT molecular complexity index is 872. The second-order valence-electron chi connectivity index (χ2n) is 5.90. The van der Waals surface area contributed by atoms with Crippen LogP contribution in [0.25, 0.3) is 0 Å². The summed E-state index contributed by atoms with van der Waals surface area (Å²) in [6.45, 7) is 2.00. The van der Waals surface area contributed by atoms with Gasteiger partial charge in [-0.05, 0) is 43.3 Å². The molecule has 0 N–H and O–H groups in total. The van der Waals surface area contributed by atoms with Crippen molar-refractivity contribution in [3.63, 3.8) is 0 Å². The van der Waals surface area contributed by atoms with E-state index < -0.39 is 0 Å². The number of rotatable bonds is 5. The van der Waals surface area contributed by atoms with Gasteiger partial charge in [0.05, 0.1) is 11.9 Å². The molecule has 26 heavy (non-hydrogen) atoms. The molecule has 0 aliphatic heterocycles. The molecule has 3 aromatic carbocycles. The van der Waals surface area contributed by atoms with E-state index in [4.69, 9.17) is 9.73 Å². The van der Waals surface area contributed by atoms with Crippen LogP contribution in [0.5, 0.6) is 5.75 Å². The number of para-hydroxylation sites is 3. The van der Waals surface area contributed by atoms with E-state index in [-0.39, 0.29) is 0 Å². The van der Waals surface area contributed by atoms with Crippen molar-refractivity contribution in [3.8, 4) is 5.75 Å². The molecule has 0 aromatic heterocycles. The number of aliphatic imine (C=N–C) groups is 1. The number of hydrogen-bond acceptors (Lipinski definition) is 2. The molecule has 3 nitrogen and oxygen atoms in total. The molecular formula is C23H22N2O. The van der Waals surface area contributed by atoms with Gasteiger partial charge in [0.1, 0.15) is 11.6 Å². The third kappa shape index (κ3) is 4.61. The largest absolute Gasteiger partial charge is 0.465 e. The lowest BCUT2D eigenvalue weighted by Gasteiger charge is -2.22. The number of hydrogen-bond donors (Lipinski definition) is 0. The Morgan fingerprint density at radius 3 is 1.96 bits per heavy atom. The van der Waals surface area contributed by atoms with Crippen molar-refractivity contribution in [2.45, 2.75) is 6.92 Å². The summed E-state index contributed by atoms with van der Waals surface area (Å²) in [5, 5.41) is 0. The molecule has 0 fully saturated rings. The molecule has 0 saturated heterocycles. The number of amidine groups is 1. The summed E-state index contributed by atoms with van der Waals surface area (Å²) < 4.78 is 5.80. The third-order valence-electron chi connectivity index (χ3n) is 3.92. The van der Waals surface area contributed by atoms with E-state index >= 15 is 0 Å². The quantitative estimate of drug-likeness (QED) is 0.331. The molecule has 0 amide bonds. The van der Waals surface area contributed by atoms with Crippen LogP contribution in [0.3, 0.4) is 0 Å². The van der Waals surface area contributed by atoms with Gasteiger partial charge in [-0.25, -0.2) is 4.99 Å². The summed E-state index contributed by atoms with van der Waals surface area (Å²) in [5.74, 6) is 1.63. The highest BCUT2D eigenvalue weighted by Gasteiger charge is 2.12. The number of likely N-dealkylation sites (N-methyl/N-ethyl adjacent to an activating group) is 1. The molecule has 0 saturated carbocycles. The van der Waals surface area contributed by atoms with Gasteiger partial charge in [-0.15, -0.1) is 0 Å². The van der Waals surface area contributed by atoms with Crippen molar-refractivity contribution in [1.29, 1.82) is 0 Å².